The van der Waals surface area contributed by atoms with Crippen molar-refractivity contribution in [3.8, 4) is 0 Å². The minimum atomic E-state index is -0.801. The van der Waals surface area contributed by atoms with Gasteiger partial charge in [-0.3, -0.25) is 0 Å². The Morgan fingerprint density at radius 2 is 1.95 bits per heavy atom. The van der Waals surface area contributed by atoms with Crippen LogP contribution in [-0.2, 0) is 5.60 Å². The molecule has 1 fully saturated rings. The first-order valence-corrected chi connectivity index (χ1v) is 7.98. The molecule has 0 radical (unpaired) electrons. The molecule has 0 amide bonds. The Morgan fingerprint density at radius 3 is 2.63 bits per heavy atom. The van der Waals surface area contributed by atoms with Gasteiger partial charge < -0.3 is 5.11 Å². The van der Waals surface area contributed by atoms with Gasteiger partial charge in [0.2, 0.25) is 0 Å². The van der Waals surface area contributed by atoms with Crippen LogP contribution in [0, 0.1) is 0 Å². The molecule has 1 heterocycles. The molecule has 100 valence electrons. The first kappa shape index (κ1) is 13.2. The molecule has 0 spiro atoms. The number of rotatable bonds is 2. The van der Waals surface area contributed by atoms with Crippen molar-refractivity contribution in [1.82, 2.24) is 0 Å². The van der Waals surface area contributed by atoms with E-state index in [2.05, 4.69) is 12.1 Å². The van der Waals surface area contributed by atoms with Gasteiger partial charge in [-0.2, -0.15) is 0 Å². The third kappa shape index (κ3) is 2.33. The van der Waals surface area contributed by atoms with Crippen molar-refractivity contribution in [1.29, 1.82) is 0 Å². The summed E-state index contributed by atoms with van der Waals surface area (Å²) in [5.41, 5.74) is 0.416. The van der Waals surface area contributed by atoms with E-state index in [0.29, 0.717) is 5.02 Å². The van der Waals surface area contributed by atoms with Gasteiger partial charge in [0.1, 0.15) is 5.60 Å². The van der Waals surface area contributed by atoms with E-state index in [0.717, 1.165) is 24.1 Å². The highest BCUT2D eigenvalue weighted by Crippen LogP contribution is 2.50. The highest BCUT2D eigenvalue weighted by Gasteiger charge is 2.43. The molecule has 1 saturated carbocycles. The Morgan fingerprint density at radius 1 is 1.16 bits per heavy atom. The van der Waals surface area contributed by atoms with E-state index in [4.69, 9.17) is 11.6 Å². The second-order valence-corrected chi connectivity index (χ2v) is 6.55. The average Bonchev–Trinajstić information content (AvgIpc) is 2.87. The van der Waals surface area contributed by atoms with Crippen LogP contribution in [-0.4, -0.2) is 5.11 Å². The molecule has 2 aromatic rings. The van der Waals surface area contributed by atoms with Gasteiger partial charge in [0.15, 0.2) is 0 Å². The van der Waals surface area contributed by atoms with Crippen LogP contribution in [0.25, 0.3) is 0 Å². The lowest BCUT2D eigenvalue weighted by atomic mass is 9.71. The van der Waals surface area contributed by atoms with E-state index >= 15 is 0 Å². The van der Waals surface area contributed by atoms with Crippen molar-refractivity contribution in [2.24, 2.45) is 0 Å². The van der Waals surface area contributed by atoms with E-state index < -0.39 is 5.60 Å². The number of hydrogen-bond acceptors (Lipinski definition) is 2. The molecule has 0 bridgehead atoms. The van der Waals surface area contributed by atoms with Crippen molar-refractivity contribution in [3.63, 3.8) is 0 Å². The number of aliphatic hydroxyl groups is 1. The maximum absolute atomic E-state index is 11.3. The molecule has 1 aromatic heterocycles. The van der Waals surface area contributed by atoms with Gasteiger partial charge in [-0.05, 0) is 29.9 Å². The lowest BCUT2D eigenvalue weighted by Crippen LogP contribution is -2.35. The Labute approximate surface area is 122 Å². The van der Waals surface area contributed by atoms with Crippen LogP contribution in [0.3, 0.4) is 0 Å². The fraction of sp³-hybridized carbons (Fsp3) is 0.375. The van der Waals surface area contributed by atoms with Crippen LogP contribution in [0.15, 0.2) is 41.8 Å². The summed E-state index contributed by atoms with van der Waals surface area (Å²) in [7, 11) is 0. The molecule has 1 aliphatic carbocycles. The van der Waals surface area contributed by atoms with Gasteiger partial charge in [0.05, 0.1) is 9.90 Å². The maximum Gasteiger partial charge on any atom is 0.107 e. The fourth-order valence-electron chi connectivity index (χ4n) is 3.16. The molecule has 3 rings (SSSR count). The summed E-state index contributed by atoms with van der Waals surface area (Å²) in [6.07, 6.45) is 4.06. The summed E-state index contributed by atoms with van der Waals surface area (Å²) >= 11 is 7.84. The first-order valence-electron chi connectivity index (χ1n) is 6.72. The third-order valence-corrected chi connectivity index (χ3v) is 5.60. The van der Waals surface area contributed by atoms with E-state index in [1.54, 1.807) is 11.3 Å². The number of thiophene rings is 1. The van der Waals surface area contributed by atoms with Gasteiger partial charge in [-0.25, -0.2) is 0 Å². The molecule has 2 unspecified atom stereocenters. The van der Waals surface area contributed by atoms with Crippen LogP contribution in [0.1, 0.15) is 42.0 Å². The molecule has 1 nitrogen and oxygen atoms in total. The highest BCUT2D eigenvalue weighted by molar-refractivity contribution is 7.10. The van der Waals surface area contributed by atoms with Crippen LogP contribution in [0.2, 0.25) is 5.02 Å². The Hall–Kier alpha value is -0.830. The average molecular weight is 293 g/mol. The largest absolute Gasteiger partial charge is 0.384 e. The SMILES string of the molecule is OC1(c2sccc2Cl)CCCCC1c1ccccc1. The van der Waals surface area contributed by atoms with Crippen molar-refractivity contribution < 1.29 is 5.11 Å². The second-order valence-electron chi connectivity index (χ2n) is 5.23. The summed E-state index contributed by atoms with van der Waals surface area (Å²) in [6.45, 7) is 0. The molecule has 0 aliphatic heterocycles. The van der Waals surface area contributed by atoms with Crippen LogP contribution >= 0.6 is 22.9 Å². The lowest BCUT2D eigenvalue weighted by Gasteiger charge is -2.40. The van der Waals surface area contributed by atoms with Crippen molar-refractivity contribution in [3.05, 3.63) is 57.2 Å². The monoisotopic (exact) mass is 292 g/mol. The van der Waals surface area contributed by atoms with E-state index in [1.165, 1.54) is 12.0 Å². The standard InChI is InChI=1S/C16H17ClOS/c17-14-9-11-19-15(14)16(18)10-5-4-8-13(16)12-6-2-1-3-7-12/h1-3,6-7,9,11,13,18H,4-5,8,10H2. The molecular formula is C16H17ClOS. The van der Waals surface area contributed by atoms with E-state index in [9.17, 15) is 5.11 Å². The summed E-state index contributed by atoms with van der Waals surface area (Å²) in [5, 5.41) is 13.9. The van der Waals surface area contributed by atoms with Gasteiger partial charge in [0, 0.05) is 5.92 Å². The van der Waals surface area contributed by atoms with Crippen molar-refractivity contribution in [2.45, 2.75) is 37.2 Å². The Bertz CT molecular complexity index is 551. The topological polar surface area (TPSA) is 20.2 Å². The Kier molecular flexibility index (Phi) is 3.66. The van der Waals surface area contributed by atoms with Gasteiger partial charge >= 0.3 is 0 Å². The van der Waals surface area contributed by atoms with Crippen LogP contribution in [0.4, 0.5) is 0 Å². The van der Waals surface area contributed by atoms with Crippen LogP contribution in [0.5, 0.6) is 0 Å². The maximum atomic E-state index is 11.3. The molecule has 1 aliphatic rings. The summed E-state index contributed by atoms with van der Waals surface area (Å²) in [4.78, 5) is 0.933. The summed E-state index contributed by atoms with van der Waals surface area (Å²) in [5.74, 6) is 0.151. The smallest absolute Gasteiger partial charge is 0.107 e. The predicted molar refractivity (Wildman–Crippen MR) is 80.9 cm³/mol. The first-order chi connectivity index (χ1) is 9.22. The number of halogens is 1. The molecule has 2 atom stereocenters. The van der Waals surface area contributed by atoms with Gasteiger partial charge in [-0.15, -0.1) is 11.3 Å². The highest BCUT2D eigenvalue weighted by atomic mass is 35.5. The predicted octanol–water partition coefficient (Wildman–Crippen LogP) is 4.95. The molecule has 3 heteroatoms. The van der Waals surface area contributed by atoms with Crippen molar-refractivity contribution in [2.75, 3.05) is 0 Å². The van der Waals surface area contributed by atoms with E-state index in [-0.39, 0.29) is 5.92 Å². The normalized spacial score (nSPS) is 27.4. The zero-order valence-corrected chi connectivity index (χ0v) is 12.3. The third-order valence-electron chi connectivity index (χ3n) is 4.09. The van der Waals surface area contributed by atoms with Gasteiger partial charge in [-0.1, -0.05) is 54.8 Å². The zero-order valence-electron chi connectivity index (χ0n) is 10.7. The minimum Gasteiger partial charge on any atom is -0.384 e. The molecular weight excluding hydrogens is 276 g/mol. The van der Waals surface area contributed by atoms with Crippen molar-refractivity contribution >= 4 is 22.9 Å². The van der Waals surface area contributed by atoms with Gasteiger partial charge in [0.25, 0.3) is 0 Å². The van der Waals surface area contributed by atoms with E-state index in [1.807, 2.05) is 29.6 Å². The molecule has 1 N–H and O–H groups in total. The quantitative estimate of drug-likeness (QED) is 0.830. The second kappa shape index (κ2) is 5.28. The summed E-state index contributed by atoms with van der Waals surface area (Å²) < 4.78 is 0. The Balaban J connectivity index is 2.04. The summed E-state index contributed by atoms with van der Waals surface area (Å²) in [6, 6.07) is 12.2. The zero-order chi connectivity index (χ0) is 13.3. The molecule has 0 saturated heterocycles. The lowest BCUT2D eigenvalue weighted by molar-refractivity contribution is -0.0190. The molecule has 1 aromatic carbocycles. The number of hydrogen-bond donors (Lipinski definition) is 1. The number of benzene rings is 1. The van der Waals surface area contributed by atoms with Crippen LogP contribution < -0.4 is 0 Å². The minimum absolute atomic E-state index is 0.151. The fourth-order valence-corrected chi connectivity index (χ4v) is 4.56. The molecule has 19 heavy (non-hydrogen) atoms.